The van der Waals surface area contributed by atoms with Gasteiger partial charge < -0.3 is 18.9 Å². The molecular weight excluding hydrogens is 312 g/mol. The van der Waals surface area contributed by atoms with E-state index >= 15 is 0 Å². The van der Waals surface area contributed by atoms with E-state index in [0.717, 1.165) is 18.8 Å². The zero-order valence-electron chi connectivity index (χ0n) is 15.3. The van der Waals surface area contributed by atoms with Crippen LogP contribution in [0.1, 0.15) is 71.6 Å². The van der Waals surface area contributed by atoms with Crippen molar-refractivity contribution in [2.75, 3.05) is 13.7 Å². The molecule has 0 atom stereocenters. The molecule has 1 aliphatic rings. The van der Waals surface area contributed by atoms with Crippen LogP contribution in [0, 0.1) is 5.92 Å². The van der Waals surface area contributed by atoms with Gasteiger partial charge in [0, 0.05) is 0 Å². The van der Waals surface area contributed by atoms with E-state index in [-0.39, 0.29) is 12.2 Å². The summed E-state index contributed by atoms with van der Waals surface area (Å²) in [5.74, 6) is 0.754. The number of unbranched alkanes of at least 4 members (excludes halogenated alkanes) is 3. The summed E-state index contributed by atoms with van der Waals surface area (Å²) in [7, 11) is 1.29. The summed E-state index contributed by atoms with van der Waals surface area (Å²) in [5, 5.41) is 0. The Kier molecular flexibility index (Phi) is 10.3. The highest BCUT2D eigenvalue weighted by Gasteiger charge is 2.26. The number of carbonyl (C=O) groups excluding carboxylic acids is 2. The maximum Gasteiger partial charge on any atom is 0.508 e. The van der Waals surface area contributed by atoms with E-state index in [4.69, 9.17) is 14.2 Å². The minimum Gasteiger partial charge on any atom is -0.438 e. The van der Waals surface area contributed by atoms with Gasteiger partial charge >= 0.3 is 12.3 Å². The van der Waals surface area contributed by atoms with Crippen molar-refractivity contribution in [3.63, 3.8) is 0 Å². The molecule has 0 aromatic carbocycles. The lowest BCUT2D eigenvalue weighted by atomic mass is 9.95. The zero-order chi connectivity index (χ0) is 17.8. The molecule has 6 nitrogen and oxygen atoms in total. The highest BCUT2D eigenvalue weighted by molar-refractivity contribution is 5.60. The number of ether oxygens (including phenoxy) is 4. The molecule has 0 aliphatic heterocycles. The van der Waals surface area contributed by atoms with Crippen LogP contribution in [0.25, 0.3) is 0 Å². The van der Waals surface area contributed by atoms with Crippen LogP contribution >= 0.6 is 0 Å². The molecule has 24 heavy (non-hydrogen) atoms. The largest absolute Gasteiger partial charge is 0.508 e. The minimum absolute atomic E-state index is 0.152. The Hall–Kier alpha value is -1.46. The molecule has 0 heterocycles. The molecule has 1 saturated carbocycles. The van der Waals surface area contributed by atoms with Crippen molar-refractivity contribution in [2.24, 2.45) is 5.92 Å². The predicted molar refractivity (Wildman–Crippen MR) is 89.9 cm³/mol. The van der Waals surface area contributed by atoms with Crippen molar-refractivity contribution in [1.82, 2.24) is 0 Å². The molecular formula is C18H32O6. The summed E-state index contributed by atoms with van der Waals surface area (Å²) in [6.07, 6.45) is 6.76. The van der Waals surface area contributed by atoms with Crippen LogP contribution in [0.4, 0.5) is 9.59 Å². The molecule has 0 aromatic rings. The van der Waals surface area contributed by atoms with Gasteiger partial charge in [-0.2, -0.15) is 0 Å². The molecule has 1 fully saturated rings. The van der Waals surface area contributed by atoms with Crippen molar-refractivity contribution in [3.05, 3.63) is 0 Å². The van der Waals surface area contributed by atoms with Crippen LogP contribution in [0.5, 0.6) is 0 Å². The third-order valence-corrected chi connectivity index (χ3v) is 4.21. The van der Waals surface area contributed by atoms with Gasteiger partial charge in [0.25, 0.3) is 0 Å². The van der Waals surface area contributed by atoms with Gasteiger partial charge in [-0.3, -0.25) is 0 Å². The van der Waals surface area contributed by atoms with E-state index in [2.05, 4.69) is 18.6 Å². The quantitative estimate of drug-likeness (QED) is 0.440. The van der Waals surface area contributed by atoms with Crippen LogP contribution in [0.15, 0.2) is 0 Å². The second-order valence-electron chi connectivity index (χ2n) is 6.78. The highest BCUT2D eigenvalue weighted by Crippen LogP contribution is 2.24. The molecule has 0 saturated heterocycles. The normalized spacial score (nSPS) is 20.5. The molecule has 140 valence electrons. The van der Waals surface area contributed by atoms with Gasteiger partial charge in [-0.1, -0.05) is 39.5 Å². The Bertz CT molecular complexity index is 361. The van der Waals surface area contributed by atoms with E-state index in [1.165, 1.54) is 26.4 Å². The minimum atomic E-state index is -0.660. The standard InChI is InChI=1S/C18H32O6/c1-14(2)8-6-4-5-7-13-22-18(20)24-16-11-9-15(10-12-16)23-17(19)21-3/h14-16H,4-13H2,1-3H3. The fraction of sp³-hybridized carbons (Fsp3) is 0.889. The molecule has 0 bridgehead atoms. The smallest absolute Gasteiger partial charge is 0.438 e. The molecule has 0 aromatic heterocycles. The lowest BCUT2D eigenvalue weighted by Crippen LogP contribution is -2.30. The Labute approximate surface area is 145 Å². The van der Waals surface area contributed by atoms with E-state index in [1.54, 1.807) is 0 Å². The summed E-state index contributed by atoms with van der Waals surface area (Å²) in [6, 6.07) is 0. The Morgan fingerprint density at radius 1 is 0.875 bits per heavy atom. The van der Waals surface area contributed by atoms with Crippen molar-refractivity contribution in [1.29, 1.82) is 0 Å². The second-order valence-corrected chi connectivity index (χ2v) is 6.78. The first-order chi connectivity index (χ1) is 11.5. The van der Waals surface area contributed by atoms with Crippen LogP contribution in [-0.4, -0.2) is 38.2 Å². The highest BCUT2D eigenvalue weighted by atomic mass is 16.7. The van der Waals surface area contributed by atoms with Crippen LogP contribution in [0.3, 0.4) is 0 Å². The van der Waals surface area contributed by atoms with Crippen molar-refractivity contribution in [2.45, 2.75) is 83.8 Å². The van der Waals surface area contributed by atoms with Crippen molar-refractivity contribution < 1.29 is 28.5 Å². The molecule has 0 unspecified atom stereocenters. The first-order valence-electron chi connectivity index (χ1n) is 9.09. The molecule has 0 spiro atoms. The third-order valence-electron chi connectivity index (χ3n) is 4.21. The third kappa shape index (κ3) is 9.63. The molecule has 1 aliphatic carbocycles. The summed E-state index contributed by atoms with van der Waals surface area (Å²) < 4.78 is 20.0. The fourth-order valence-electron chi connectivity index (χ4n) is 2.79. The van der Waals surface area contributed by atoms with Gasteiger partial charge in [0.1, 0.15) is 12.2 Å². The van der Waals surface area contributed by atoms with Gasteiger partial charge in [0.2, 0.25) is 0 Å². The lowest BCUT2D eigenvalue weighted by molar-refractivity contribution is -0.0230. The van der Waals surface area contributed by atoms with Gasteiger partial charge in [0.05, 0.1) is 13.7 Å². The van der Waals surface area contributed by atoms with E-state index in [0.29, 0.717) is 32.3 Å². The monoisotopic (exact) mass is 344 g/mol. The van der Waals surface area contributed by atoms with E-state index in [9.17, 15) is 9.59 Å². The van der Waals surface area contributed by atoms with Crippen molar-refractivity contribution >= 4 is 12.3 Å². The molecule has 1 rings (SSSR count). The SMILES string of the molecule is COC(=O)OC1CCC(OC(=O)OCCCCCCC(C)C)CC1. The average Bonchev–Trinajstić information content (AvgIpc) is 2.55. The van der Waals surface area contributed by atoms with Gasteiger partial charge in [-0.25, -0.2) is 9.59 Å². The number of hydrogen-bond donors (Lipinski definition) is 0. The van der Waals surface area contributed by atoms with Gasteiger partial charge in [0.15, 0.2) is 0 Å². The Morgan fingerprint density at radius 2 is 1.42 bits per heavy atom. The van der Waals surface area contributed by atoms with Crippen LogP contribution in [-0.2, 0) is 18.9 Å². The summed E-state index contributed by atoms with van der Waals surface area (Å²) in [4.78, 5) is 22.7. The zero-order valence-corrected chi connectivity index (χ0v) is 15.3. The maximum absolute atomic E-state index is 11.6. The van der Waals surface area contributed by atoms with E-state index < -0.39 is 12.3 Å². The van der Waals surface area contributed by atoms with Crippen LogP contribution in [0.2, 0.25) is 0 Å². The number of hydrogen-bond acceptors (Lipinski definition) is 6. The molecule has 6 heteroatoms. The average molecular weight is 344 g/mol. The second kappa shape index (κ2) is 12.0. The van der Waals surface area contributed by atoms with Gasteiger partial charge in [-0.05, 0) is 38.0 Å². The first-order valence-corrected chi connectivity index (χ1v) is 9.09. The summed E-state index contributed by atoms with van der Waals surface area (Å²) in [6.45, 7) is 4.88. The molecule has 0 radical (unpaired) electrons. The van der Waals surface area contributed by atoms with Crippen LogP contribution < -0.4 is 0 Å². The van der Waals surface area contributed by atoms with E-state index in [1.807, 2.05) is 0 Å². The molecule has 0 N–H and O–H groups in total. The predicted octanol–water partition coefficient (Wildman–Crippen LogP) is 4.84. The van der Waals surface area contributed by atoms with Gasteiger partial charge in [-0.15, -0.1) is 0 Å². The lowest BCUT2D eigenvalue weighted by Gasteiger charge is -2.27. The Balaban J connectivity index is 2.01. The molecule has 0 amide bonds. The first kappa shape index (κ1) is 20.6. The maximum atomic E-state index is 11.6. The summed E-state index contributed by atoms with van der Waals surface area (Å²) >= 11 is 0. The number of methoxy groups -OCH3 is 1. The van der Waals surface area contributed by atoms with Crippen molar-refractivity contribution in [3.8, 4) is 0 Å². The fourth-order valence-corrected chi connectivity index (χ4v) is 2.79. The number of rotatable bonds is 9. The topological polar surface area (TPSA) is 71.1 Å². The summed E-state index contributed by atoms with van der Waals surface area (Å²) in [5.41, 5.74) is 0. The number of carbonyl (C=O) groups is 2. The Morgan fingerprint density at radius 3 is 1.96 bits per heavy atom.